The van der Waals surface area contributed by atoms with Gasteiger partial charge in [-0.1, -0.05) is 17.7 Å². The van der Waals surface area contributed by atoms with Crippen LogP contribution in [-0.2, 0) is 14.4 Å². The predicted octanol–water partition coefficient (Wildman–Crippen LogP) is 4.47. The number of carbonyl (C=O) groups is 3. The molecule has 4 saturated carbocycles. The summed E-state index contributed by atoms with van der Waals surface area (Å²) in [5, 5.41) is 0. The molecule has 0 radical (unpaired) electrons. The smallest absolute Gasteiger partial charge is 0.257 e. The van der Waals surface area contributed by atoms with E-state index < -0.39 is 11.6 Å². The van der Waals surface area contributed by atoms with Gasteiger partial charge in [0.15, 0.2) is 0 Å². The van der Waals surface area contributed by atoms with Gasteiger partial charge in [0.25, 0.3) is 5.91 Å². The molecule has 5 fully saturated rings. The molecule has 1 aliphatic heterocycles. The lowest BCUT2D eigenvalue weighted by Gasteiger charge is -2.58. The van der Waals surface area contributed by atoms with E-state index in [1.165, 1.54) is 24.2 Å². The van der Waals surface area contributed by atoms with Crippen LogP contribution in [0.3, 0.4) is 0 Å². The minimum atomic E-state index is -0.714. The summed E-state index contributed by atoms with van der Waals surface area (Å²) in [5.74, 6) is 1.61. The summed E-state index contributed by atoms with van der Waals surface area (Å²) in [5.41, 5.74) is 0.819. The number of benzene rings is 1. The highest BCUT2D eigenvalue weighted by molar-refractivity contribution is 6.23. The van der Waals surface area contributed by atoms with Crippen LogP contribution in [-0.4, -0.2) is 34.2 Å². The highest BCUT2D eigenvalue weighted by Crippen LogP contribution is 2.61. The molecule has 5 nitrogen and oxygen atoms in total. The Labute approximate surface area is 185 Å². The minimum absolute atomic E-state index is 0.0715. The first-order valence-corrected chi connectivity index (χ1v) is 11.8. The lowest BCUT2D eigenvalue weighted by molar-refractivity contribution is -0.167. The van der Waals surface area contributed by atoms with Crippen molar-refractivity contribution in [1.29, 1.82) is 0 Å². The van der Waals surface area contributed by atoms with E-state index in [9.17, 15) is 14.4 Å². The number of imide groups is 1. The first-order chi connectivity index (χ1) is 14.6. The van der Waals surface area contributed by atoms with Gasteiger partial charge in [-0.2, -0.15) is 0 Å². The van der Waals surface area contributed by atoms with E-state index in [4.69, 9.17) is 0 Å². The summed E-state index contributed by atoms with van der Waals surface area (Å²) in [6.07, 6.45) is 6.75. The largest absolute Gasteiger partial charge is 0.325 e. The van der Waals surface area contributed by atoms with E-state index in [2.05, 4.69) is 0 Å². The highest BCUT2D eigenvalue weighted by Gasteiger charge is 2.58. The second-order valence-corrected chi connectivity index (χ2v) is 11.7. The Balaban J connectivity index is 1.47. The lowest BCUT2D eigenvalue weighted by Crippen LogP contribution is -2.62. The molecule has 31 heavy (non-hydrogen) atoms. The molecule has 5 aliphatic rings. The summed E-state index contributed by atoms with van der Waals surface area (Å²) in [7, 11) is 0. The van der Waals surface area contributed by atoms with Gasteiger partial charge < -0.3 is 4.90 Å². The highest BCUT2D eigenvalue weighted by atomic mass is 16.2. The van der Waals surface area contributed by atoms with Crippen LogP contribution >= 0.6 is 0 Å². The third-order valence-electron chi connectivity index (χ3n) is 8.16. The molecule has 0 N–H and O–H groups in total. The predicted molar refractivity (Wildman–Crippen MR) is 119 cm³/mol. The van der Waals surface area contributed by atoms with Crippen LogP contribution in [0.1, 0.15) is 71.3 Å². The summed E-state index contributed by atoms with van der Waals surface area (Å²) >= 11 is 0. The zero-order valence-electron chi connectivity index (χ0n) is 19.2. The van der Waals surface area contributed by atoms with Gasteiger partial charge in [-0.3, -0.25) is 14.4 Å². The first-order valence-electron chi connectivity index (χ1n) is 11.8. The number of aryl methyl sites for hydroxylation is 1. The molecule has 1 atom stereocenters. The number of nitrogens with zero attached hydrogens (tertiary/aromatic N) is 2. The van der Waals surface area contributed by atoms with E-state index in [0.29, 0.717) is 23.4 Å². The van der Waals surface area contributed by atoms with Crippen molar-refractivity contribution in [3.63, 3.8) is 0 Å². The fraction of sp³-hybridized carbons (Fsp3) is 0.654. The van der Waals surface area contributed by atoms with Crippen LogP contribution in [0, 0.1) is 30.1 Å². The molecule has 0 aromatic heterocycles. The molecule has 1 heterocycles. The molecular formula is C26H34N2O3. The van der Waals surface area contributed by atoms with Crippen LogP contribution in [0.25, 0.3) is 0 Å². The third kappa shape index (κ3) is 3.32. The van der Waals surface area contributed by atoms with Crippen LogP contribution in [0.2, 0.25) is 0 Å². The summed E-state index contributed by atoms with van der Waals surface area (Å²) in [4.78, 5) is 43.8. The van der Waals surface area contributed by atoms with E-state index >= 15 is 0 Å². The summed E-state index contributed by atoms with van der Waals surface area (Å²) < 4.78 is 0. The van der Waals surface area contributed by atoms with Gasteiger partial charge in [-0.15, -0.1) is 0 Å². The van der Waals surface area contributed by atoms with E-state index in [0.717, 1.165) is 24.8 Å². The standard InChI is InChI=1S/C26H34N2O3/c1-16-5-7-20(8-6-16)27-22(29)12-21(23(27)30)28(25(2,3)4)24(31)26-13-17-9-18(14-26)11-19(10-17)15-26/h5-8,17-19,21H,9-15H2,1-4H3. The average molecular weight is 423 g/mol. The molecule has 1 saturated heterocycles. The maximum Gasteiger partial charge on any atom is 0.257 e. The number of hydrogen-bond donors (Lipinski definition) is 0. The maximum atomic E-state index is 14.2. The Morgan fingerprint density at radius 2 is 1.48 bits per heavy atom. The SMILES string of the molecule is Cc1ccc(N2C(=O)CC(N(C(=O)C34CC5CC(CC(C5)C3)C4)C(C)(C)C)C2=O)cc1. The third-order valence-corrected chi connectivity index (χ3v) is 8.16. The Bertz CT molecular complexity index is 892. The lowest BCUT2D eigenvalue weighted by atomic mass is 9.49. The van der Waals surface area contributed by atoms with E-state index in [1.54, 1.807) is 4.90 Å². The number of rotatable bonds is 3. The second kappa shape index (κ2) is 6.91. The number of carbonyl (C=O) groups excluding carboxylic acids is 3. The Hall–Kier alpha value is -2.17. The Morgan fingerprint density at radius 1 is 0.968 bits per heavy atom. The topological polar surface area (TPSA) is 57.7 Å². The molecule has 1 aromatic rings. The molecule has 4 aliphatic carbocycles. The molecule has 6 rings (SSSR count). The van der Waals surface area contributed by atoms with Crippen LogP contribution in [0.4, 0.5) is 5.69 Å². The molecule has 5 heteroatoms. The van der Waals surface area contributed by atoms with Gasteiger partial charge in [0.1, 0.15) is 6.04 Å². The quantitative estimate of drug-likeness (QED) is 0.675. The van der Waals surface area contributed by atoms with Crippen molar-refractivity contribution in [1.82, 2.24) is 4.90 Å². The molecule has 0 spiro atoms. The van der Waals surface area contributed by atoms with Gasteiger partial charge in [0, 0.05) is 5.54 Å². The van der Waals surface area contributed by atoms with Gasteiger partial charge >= 0.3 is 0 Å². The fourth-order valence-electron chi connectivity index (χ4n) is 7.32. The second-order valence-electron chi connectivity index (χ2n) is 11.7. The Morgan fingerprint density at radius 3 is 1.97 bits per heavy atom. The minimum Gasteiger partial charge on any atom is -0.325 e. The maximum absolute atomic E-state index is 14.2. The number of amides is 3. The monoisotopic (exact) mass is 422 g/mol. The van der Waals surface area contributed by atoms with E-state index in [-0.39, 0.29) is 29.6 Å². The zero-order chi connectivity index (χ0) is 22.1. The van der Waals surface area contributed by atoms with Gasteiger partial charge in [-0.25, -0.2) is 4.90 Å². The first kappa shape index (κ1) is 20.7. The van der Waals surface area contributed by atoms with Gasteiger partial charge in [0.05, 0.1) is 17.5 Å². The zero-order valence-corrected chi connectivity index (χ0v) is 19.2. The van der Waals surface area contributed by atoms with Crippen molar-refractivity contribution in [3.05, 3.63) is 29.8 Å². The summed E-state index contributed by atoms with van der Waals surface area (Å²) in [6, 6.07) is 6.73. The Kier molecular flexibility index (Phi) is 4.62. The number of anilines is 1. The van der Waals surface area contributed by atoms with E-state index in [1.807, 2.05) is 52.0 Å². The van der Waals surface area contributed by atoms with Crippen LogP contribution in [0.5, 0.6) is 0 Å². The van der Waals surface area contributed by atoms with Crippen molar-refractivity contribution in [2.24, 2.45) is 23.2 Å². The van der Waals surface area contributed by atoms with Gasteiger partial charge in [-0.05, 0) is 96.1 Å². The van der Waals surface area contributed by atoms with Crippen LogP contribution in [0.15, 0.2) is 24.3 Å². The molecule has 166 valence electrons. The normalized spacial score (nSPS) is 34.5. The van der Waals surface area contributed by atoms with Crippen LogP contribution < -0.4 is 4.90 Å². The fourth-order valence-corrected chi connectivity index (χ4v) is 7.32. The van der Waals surface area contributed by atoms with Crippen molar-refractivity contribution in [2.45, 2.75) is 84.2 Å². The average Bonchev–Trinajstić information content (AvgIpc) is 2.94. The molecular weight excluding hydrogens is 388 g/mol. The van der Waals surface area contributed by atoms with Crippen molar-refractivity contribution >= 4 is 23.4 Å². The molecule has 1 aromatic carbocycles. The van der Waals surface area contributed by atoms with Crippen molar-refractivity contribution < 1.29 is 14.4 Å². The molecule has 1 unspecified atom stereocenters. The molecule has 4 bridgehead atoms. The van der Waals surface area contributed by atoms with Crippen molar-refractivity contribution in [3.8, 4) is 0 Å². The molecule has 3 amide bonds. The van der Waals surface area contributed by atoms with Crippen molar-refractivity contribution in [2.75, 3.05) is 4.90 Å². The summed E-state index contributed by atoms with van der Waals surface area (Å²) in [6.45, 7) is 7.97. The van der Waals surface area contributed by atoms with Gasteiger partial charge in [0.2, 0.25) is 11.8 Å². The number of hydrogen-bond acceptors (Lipinski definition) is 3.